The Morgan fingerprint density at radius 2 is 1.94 bits per heavy atom. The van der Waals surface area contributed by atoms with E-state index >= 15 is 0 Å². The molecule has 7 heteroatoms. The molecular formula is C26H24N6O. The average molecular weight is 437 g/mol. The van der Waals surface area contributed by atoms with Crippen LogP contribution in [0.3, 0.4) is 0 Å². The van der Waals surface area contributed by atoms with Crippen molar-refractivity contribution in [3.05, 3.63) is 95.8 Å². The van der Waals surface area contributed by atoms with E-state index in [1.807, 2.05) is 66.0 Å². The number of imidazole rings is 1. The van der Waals surface area contributed by atoms with Crippen molar-refractivity contribution in [2.24, 2.45) is 0 Å². The van der Waals surface area contributed by atoms with Gasteiger partial charge < -0.3 is 14.8 Å². The zero-order valence-electron chi connectivity index (χ0n) is 18.2. The van der Waals surface area contributed by atoms with Crippen LogP contribution in [-0.2, 0) is 13.1 Å². The first-order chi connectivity index (χ1) is 16.2. The number of nitriles is 1. The molecule has 164 valence electrons. The molecule has 0 saturated carbocycles. The van der Waals surface area contributed by atoms with Crippen LogP contribution in [0, 0.1) is 11.3 Å². The lowest BCUT2D eigenvalue weighted by Crippen LogP contribution is -2.35. The number of hydrogen-bond donors (Lipinski definition) is 1. The zero-order chi connectivity index (χ0) is 22.6. The highest BCUT2D eigenvalue weighted by molar-refractivity contribution is 6.06. The number of carbonyl (C=O) groups excluding carboxylic acids is 1. The second-order valence-electron chi connectivity index (χ2n) is 8.35. The summed E-state index contributed by atoms with van der Waals surface area (Å²) in [4.78, 5) is 23.6. The van der Waals surface area contributed by atoms with Crippen molar-refractivity contribution in [1.82, 2.24) is 24.8 Å². The first kappa shape index (κ1) is 20.9. The molecule has 1 aliphatic rings. The molecule has 0 spiro atoms. The third kappa shape index (κ3) is 4.47. The predicted molar refractivity (Wildman–Crippen MR) is 125 cm³/mol. The van der Waals surface area contributed by atoms with E-state index < -0.39 is 0 Å². The van der Waals surface area contributed by atoms with Gasteiger partial charge in [0.25, 0.3) is 5.91 Å². The minimum Gasteiger partial charge on any atom is -0.337 e. The van der Waals surface area contributed by atoms with E-state index in [-0.39, 0.29) is 11.9 Å². The molecule has 33 heavy (non-hydrogen) atoms. The Bertz CT molecular complexity index is 1320. The molecule has 1 N–H and O–H groups in total. The normalized spacial score (nSPS) is 15.6. The van der Waals surface area contributed by atoms with Gasteiger partial charge in [-0.05, 0) is 29.5 Å². The number of benzene rings is 2. The summed E-state index contributed by atoms with van der Waals surface area (Å²) in [5.41, 5.74) is 3.53. The molecule has 4 aromatic rings. The number of hydrogen-bond acceptors (Lipinski definition) is 5. The summed E-state index contributed by atoms with van der Waals surface area (Å²) in [6, 6.07) is 17.9. The Kier molecular flexibility index (Phi) is 5.83. The molecule has 0 bridgehead atoms. The highest BCUT2D eigenvalue weighted by Crippen LogP contribution is 2.21. The zero-order valence-corrected chi connectivity index (χ0v) is 18.2. The van der Waals surface area contributed by atoms with Crippen LogP contribution >= 0.6 is 0 Å². The quantitative estimate of drug-likeness (QED) is 0.501. The molecule has 2 aromatic heterocycles. The summed E-state index contributed by atoms with van der Waals surface area (Å²) < 4.78 is 2.11. The van der Waals surface area contributed by atoms with Crippen LogP contribution in [0.15, 0.2) is 73.4 Å². The van der Waals surface area contributed by atoms with Crippen LogP contribution in [0.5, 0.6) is 0 Å². The van der Waals surface area contributed by atoms with Gasteiger partial charge in [0.05, 0.1) is 29.2 Å². The molecule has 0 radical (unpaired) electrons. The van der Waals surface area contributed by atoms with E-state index in [4.69, 9.17) is 5.26 Å². The number of pyridine rings is 1. The summed E-state index contributed by atoms with van der Waals surface area (Å²) >= 11 is 0. The van der Waals surface area contributed by atoms with Gasteiger partial charge in [-0.2, -0.15) is 5.26 Å². The van der Waals surface area contributed by atoms with Gasteiger partial charge in [-0.1, -0.05) is 36.4 Å². The van der Waals surface area contributed by atoms with Gasteiger partial charge in [0.2, 0.25) is 0 Å². The largest absolute Gasteiger partial charge is 0.337 e. The minimum atomic E-state index is 0.0365. The molecular weight excluding hydrogens is 412 g/mol. The van der Waals surface area contributed by atoms with Gasteiger partial charge in [0.15, 0.2) is 0 Å². The lowest BCUT2D eigenvalue weighted by atomic mass is 10.1. The molecule has 1 amide bonds. The van der Waals surface area contributed by atoms with Gasteiger partial charge in [-0.25, -0.2) is 4.98 Å². The second-order valence-corrected chi connectivity index (χ2v) is 8.35. The molecule has 5 rings (SSSR count). The Morgan fingerprint density at radius 3 is 2.79 bits per heavy atom. The van der Waals surface area contributed by atoms with E-state index in [9.17, 15) is 4.79 Å². The van der Waals surface area contributed by atoms with Gasteiger partial charge >= 0.3 is 0 Å². The highest BCUT2D eigenvalue weighted by Gasteiger charge is 2.27. The monoisotopic (exact) mass is 436 g/mol. The topological polar surface area (TPSA) is 86.8 Å². The van der Waals surface area contributed by atoms with Crippen molar-refractivity contribution in [1.29, 1.82) is 5.26 Å². The summed E-state index contributed by atoms with van der Waals surface area (Å²) in [6.45, 7) is 2.78. The lowest BCUT2D eigenvalue weighted by molar-refractivity contribution is 0.0791. The van der Waals surface area contributed by atoms with Gasteiger partial charge in [0, 0.05) is 56.2 Å². The van der Waals surface area contributed by atoms with Crippen molar-refractivity contribution in [2.75, 3.05) is 13.1 Å². The van der Waals surface area contributed by atoms with Crippen molar-refractivity contribution >= 4 is 16.7 Å². The molecule has 3 heterocycles. The fourth-order valence-corrected chi connectivity index (χ4v) is 4.34. The number of nitrogens with one attached hydrogen (secondary N) is 1. The van der Waals surface area contributed by atoms with Crippen molar-refractivity contribution < 1.29 is 4.79 Å². The van der Waals surface area contributed by atoms with Gasteiger partial charge in [-0.15, -0.1) is 0 Å². The SMILES string of the molecule is N#Cc1ccc(Cn2cncc2CNC2CCN(C(=O)c3cncc4ccccc34)C2)cc1. The van der Waals surface area contributed by atoms with Crippen LogP contribution in [0.2, 0.25) is 0 Å². The number of aromatic nitrogens is 3. The summed E-state index contributed by atoms with van der Waals surface area (Å²) in [5, 5.41) is 14.5. The number of carbonyl (C=O) groups is 1. The number of rotatable bonds is 6. The Balaban J connectivity index is 1.20. The van der Waals surface area contributed by atoms with E-state index in [0.29, 0.717) is 30.8 Å². The predicted octanol–water partition coefficient (Wildman–Crippen LogP) is 3.36. The molecule has 1 aliphatic heterocycles. The van der Waals surface area contributed by atoms with Crippen LogP contribution in [-0.4, -0.2) is 44.5 Å². The molecule has 1 fully saturated rings. The van der Waals surface area contributed by atoms with Crippen molar-refractivity contribution in [2.45, 2.75) is 25.6 Å². The number of amides is 1. The maximum atomic E-state index is 13.2. The molecule has 1 unspecified atom stereocenters. The molecule has 2 aromatic carbocycles. The van der Waals surface area contributed by atoms with Gasteiger partial charge in [0.1, 0.15) is 0 Å². The fourth-order valence-electron chi connectivity index (χ4n) is 4.34. The molecule has 7 nitrogen and oxygen atoms in total. The van der Waals surface area contributed by atoms with Crippen molar-refractivity contribution in [3.63, 3.8) is 0 Å². The van der Waals surface area contributed by atoms with Crippen LogP contribution in [0.4, 0.5) is 0 Å². The molecule has 1 atom stereocenters. The number of likely N-dealkylation sites (tertiary alicyclic amines) is 1. The lowest BCUT2D eigenvalue weighted by Gasteiger charge is -2.18. The van der Waals surface area contributed by atoms with E-state index in [1.54, 1.807) is 12.4 Å². The smallest absolute Gasteiger partial charge is 0.256 e. The van der Waals surface area contributed by atoms with E-state index in [0.717, 1.165) is 35.0 Å². The molecule has 1 saturated heterocycles. The Morgan fingerprint density at radius 1 is 1.09 bits per heavy atom. The molecule has 0 aliphatic carbocycles. The average Bonchev–Trinajstić information content (AvgIpc) is 3.52. The summed E-state index contributed by atoms with van der Waals surface area (Å²) in [7, 11) is 0. The summed E-state index contributed by atoms with van der Waals surface area (Å²) in [5.74, 6) is 0.0365. The minimum absolute atomic E-state index is 0.0365. The fraction of sp³-hybridized carbons (Fsp3) is 0.231. The third-order valence-corrected chi connectivity index (χ3v) is 6.18. The highest BCUT2D eigenvalue weighted by atomic mass is 16.2. The number of nitrogens with zero attached hydrogens (tertiary/aromatic N) is 5. The first-order valence-corrected chi connectivity index (χ1v) is 11.0. The standard InChI is InChI=1S/C26H24N6O/c27-11-19-5-7-20(8-6-19)16-32-18-29-13-23(32)14-30-22-9-10-31(17-22)26(33)25-15-28-12-21-3-1-2-4-24(21)25/h1-8,12-13,15,18,22,30H,9-10,14,16-17H2. The Hall–Kier alpha value is -4.02. The maximum Gasteiger partial charge on any atom is 0.256 e. The van der Waals surface area contributed by atoms with Crippen LogP contribution < -0.4 is 5.32 Å². The second kappa shape index (κ2) is 9.23. The van der Waals surface area contributed by atoms with E-state index in [2.05, 4.69) is 25.9 Å². The van der Waals surface area contributed by atoms with Crippen LogP contribution in [0.1, 0.15) is 33.6 Å². The van der Waals surface area contributed by atoms with E-state index in [1.165, 1.54) is 0 Å². The third-order valence-electron chi connectivity index (χ3n) is 6.18. The summed E-state index contributed by atoms with van der Waals surface area (Å²) in [6.07, 6.45) is 8.08. The Labute approximate surface area is 192 Å². The first-order valence-electron chi connectivity index (χ1n) is 11.0. The number of fused-ring (bicyclic) bond motifs is 1. The van der Waals surface area contributed by atoms with Crippen LogP contribution in [0.25, 0.3) is 10.8 Å². The van der Waals surface area contributed by atoms with Crippen molar-refractivity contribution in [3.8, 4) is 6.07 Å². The van der Waals surface area contributed by atoms with Gasteiger partial charge in [-0.3, -0.25) is 9.78 Å². The maximum absolute atomic E-state index is 13.2.